The van der Waals surface area contributed by atoms with Gasteiger partial charge in [-0.3, -0.25) is 9.59 Å². The quantitative estimate of drug-likeness (QED) is 0.0373. The molecule has 0 aromatic heterocycles. The van der Waals surface area contributed by atoms with E-state index in [0.717, 1.165) is 44.9 Å². The maximum absolute atomic E-state index is 12.3. The normalized spacial score (nSPS) is 12.3. The van der Waals surface area contributed by atoms with Crippen molar-refractivity contribution in [3.8, 4) is 0 Å². The number of hydrogen-bond donors (Lipinski definition) is 1. The number of carbonyl (C=O) groups is 2. The van der Waals surface area contributed by atoms with Crippen molar-refractivity contribution >= 4 is 11.9 Å². The lowest BCUT2D eigenvalue weighted by Crippen LogP contribution is -2.28. The Labute approximate surface area is 450 Å². The molecule has 0 aromatic carbocycles. The second-order valence-electron chi connectivity index (χ2n) is 22.2. The lowest BCUT2D eigenvalue weighted by molar-refractivity contribution is -0.161. The molecule has 0 aromatic rings. The number of rotatable bonds is 61. The fraction of sp³-hybridized carbons (Fsp3) is 0.881. The summed E-state index contributed by atoms with van der Waals surface area (Å²) in [5, 5.41) is 9.66. The summed E-state index contributed by atoms with van der Waals surface area (Å²) in [7, 11) is 0. The zero-order chi connectivity index (χ0) is 52.0. The molecular formula is C67H126O5. The predicted octanol–water partition coefficient (Wildman–Crippen LogP) is 22.2. The maximum atomic E-state index is 12.3. The summed E-state index contributed by atoms with van der Waals surface area (Å²) in [6.45, 7) is 4.18. The van der Waals surface area contributed by atoms with E-state index >= 15 is 0 Å². The summed E-state index contributed by atoms with van der Waals surface area (Å²) in [4.78, 5) is 24.5. The van der Waals surface area contributed by atoms with Crippen LogP contribution in [0.1, 0.15) is 361 Å². The molecule has 72 heavy (non-hydrogen) atoms. The number of unbranched alkanes of at least 4 members (excludes halogenated alkanes) is 47. The third kappa shape index (κ3) is 60.7. The van der Waals surface area contributed by atoms with Crippen molar-refractivity contribution in [2.45, 2.75) is 367 Å². The number of hydrogen-bond acceptors (Lipinski definition) is 5. The van der Waals surface area contributed by atoms with Crippen molar-refractivity contribution in [1.29, 1.82) is 0 Å². The van der Waals surface area contributed by atoms with Crippen LogP contribution in [0.15, 0.2) is 36.5 Å². The Hall–Kier alpha value is -1.88. The van der Waals surface area contributed by atoms with Gasteiger partial charge in [0.2, 0.25) is 0 Å². The molecule has 1 unspecified atom stereocenters. The molecule has 0 aliphatic heterocycles. The van der Waals surface area contributed by atoms with Crippen LogP contribution >= 0.6 is 0 Å². The van der Waals surface area contributed by atoms with Crippen LogP contribution in [0.5, 0.6) is 0 Å². The molecule has 0 amide bonds. The van der Waals surface area contributed by atoms with Crippen LogP contribution < -0.4 is 0 Å². The Morgan fingerprint density at radius 3 is 0.833 bits per heavy atom. The number of aliphatic hydroxyl groups excluding tert-OH is 1. The monoisotopic (exact) mass is 1010 g/mol. The molecule has 0 aliphatic carbocycles. The van der Waals surface area contributed by atoms with Crippen molar-refractivity contribution in [3.05, 3.63) is 36.5 Å². The molecule has 1 atom stereocenters. The van der Waals surface area contributed by atoms with E-state index in [1.54, 1.807) is 0 Å². The molecule has 0 spiro atoms. The highest BCUT2D eigenvalue weighted by Gasteiger charge is 2.16. The van der Waals surface area contributed by atoms with E-state index in [2.05, 4.69) is 50.3 Å². The first-order chi connectivity index (χ1) is 35.6. The summed E-state index contributed by atoms with van der Waals surface area (Å²) < 4.78 is 10.7. The van der Waals surface area contributed by atoms with Crippen LogP contribution in [0, 0.1) is 0 Å². The topological polar surface area (TPSA) is 72.8 Å². The minimum atomic E-state index is -0.767. The van der Waals surface area contributed by atoms with Crippen molar-refractivity contribution in [2.24, 2.45) is 0 Å². The van der Waals surface area contributed by atoms with E-state index in [9.17, 15) is 14.7 Å². The van der Waals surface area contributed by atoms with E-state index < -0.39 is 6.10 Å². The van der Waals surface area contributed by atoms with Gasteiger partial charge in [0.1, 0.15) is 6.61 Å². The third-order valence-corrected chi connectivity index (χ3v) is 14.9. The SMILES string of the molecule is CCCCCCC/C=C\C/C=C\C/C=C\CCCCCCCCCCCCCCCCCCCCCCCCCCCCC(=O)OC(CO)COC(=O)CCCCCCCCCCCCCCCCCCC. The van der Waals surface area contributed by atoms with Crippen LogP contribution in [0.4, 0.5) is 0 Å². The van der Waals surface area contributed by atoms with Gasteiger partial charge >= 0.3 is 11.9 Å². The number of esters is 2. The van der Waals surface area contributed by atoms with Crippen molar-refractivity contribution < 1.29 is 24.2 Å². The Balaban J connectivity index is 3.36. The van der Waals surface area contributed by atoms with Crippen LogP contribution in [0.2, 0.25) is 0 Å². The molecule has 0 rings (SSSR count). The van der Waals surface area contributed by atoms with Gasteiger partial charge in [-0.1, -0.05) is 333 Å². The van der Waals surface area contributed by atoms with Crippen molar-refractivity contribution in [2.75, 3.05) is 13.2 Å². The van der Waals surface area contributed by atoms with Gasteiger partial charge in [0.05, 0.1) is 6.61 Å². The molecule has 0 bridgehead atoms. The summed E-state index contributed by atoms with van der Waals surface area (Å²) in [5.41, 5.74) is 0. The molecule has 0 heterocycles. The highest BCUT2D eigenvalue weighted by molar-refractivity contribution is 5.70. The van der Waals surface area contributed by atoms with Gasteiger partial charge in [-0.2, -0.15) is 0 Å². The van der Waals surface area contributed by atoms with Crippen LogP contribution in [0.3, 0.4) is 0 Å². The summed E-state index contributed by atoms with van der Waals surface area (Å²) >= 11 is 0. The second kappa shape index (κ2) is 63.4. The van der Waals surface area contributed by atoms with Gasteiger partial charge in [-0.15, -0.1) is 0 Å². The summed E-state index contributed by atoms with van der Waals surface area (Å²) in [6.07, 6.45) is 83.1. The third-order valence-electron chi connectivity index (χ3n) is 14.9. The molecule has 0 saturated carbocycles. The van der Waals surface area contributed by atoms with Crippen LogP contribution in [-0.2, 0) is 19.1 Å². The minimum Gasteiger partial charge on any atom is -0.462 e. The number of aliphatic hydroxyl groups is 1. The minimum absolute atomic E-state index is 0.0580. The first kappa shape index (κ1) is 70.1. The molecular weight excluding hydrogens is 885 g/mol. The zero-order valence-electron chi connectivity index (χ0n) is 48.7. The lowest BCUT2D eigenvalue weighted by atomic mass is 10.0. The Kier molecular flexibility index (Phi) is 61.8. The highest BCUT2D eigenvalue weighted by atomic mass is 16.6. The van der Waals surface area contributed by atoms with E-state index in [4.69, 9.17) is 9.47 Å². The zero-order valence-corrected chi connectivity index (χ0v) is 48.7. The van der Waals surface area contributed by atoms with Crippen LogP contribution in [0.25, 0.3) is 0 Å². The summed E-state index contributed by atoms with van der Waals surface area (Å²) in [6, 6.07) is 0. The molecule has 0 fully saturated rings. The van der Waals surface area contributed by atoms with Crippen molar-refractivity contribution in [1.82, 2.24) is 0 Å². The highest BCUT2D eigenvalue weighted by Crippen LogP contribution is 2.18. The standard InChI is InChI=1S/C67H126O5/c1-3-5-7-9-11-13-15-17-19-21-22-23-24-25-26-27-28-29-30-31-32-33-34-35-36-37-38-39-40-41-42-43-44-46-48-50-52-54-56-58-60-62-67(70)72-65(63-68)64-71-66(69)61-59-57-55-53-51-49-47-45-20-18-16-14-12-10-8-6-4-2/h15,17,21-22,24-25,65,68H,3-14,16,18-20,23,26-64H2,1-2H3/b17-15-,22-21-,25-24-. The molecule has 424 valence electrons. The molecule has 1 N–H and O–H groups in total. The van der Waals surface area contributed by atoms with Crippen LogP contribution in [-0.4, -0.2) is 36.4 Å². The average Bonchev–Trinajstić information content (AvgIpc) is 3.38. The smallest absolute Gasteiger partial charge is 0.306 e. The second-order valence-corrected chi connectivity index (χ2v) is 22.2. The largest absolute Gasteiger partial charge is 0.462 e. The molecule has 5 nitrogen and oxygen atoms in total. The van der Waals surface area contributed by atoms with E-state index in [0.29, 0.717) is 12.8 Å². The number of ether oxygens (including phenoxy) is 2. The number of carbonyl (C=O) groups excluding carboxylic acids is 2. The van der Waals surface area contributed by atoms with Gasteiger partial charge in [-0.25, -0.2) is 0 Å². The average molecular weight is 1010 g/mol. The summed E-state index contributed by atoms with van der Waals surface area (Å²) in [5.74, 6) is -0.567. The van der Waals surface area contributed by atoms with E-state index in [1.165, 1.54) is 289 Å². The Morgan fingerprint density at radius 1 is 0.319 bits per heavy atom. The first-order valence-corrected chi connectivity index (χ1v) is 32.5. The Bertz CT molecular complexity index is 1140. The van der Waals surface area contributed by atoms with Gasteiger partial charge in [0.15, 0.2) is 6.10 Å². The molecule has 0 radical (unpaired) electrons. The van der Waals surface area contributed by atoms with E-state index in [1.807, 2.05) is 0 Å². The Morgan fingerprint density at radius 2 is 0.556 bits per heavy atom. The maximum Gasteiger partial charge on any atom is 0.306 e. The predicted molar refractivity (Wildman–Crippen MR) is 316 cm³/mol. The molecule has 0 aliphatic rings. The fourth-order valence-electron chi connectivity index (χ4n) is 10.0. The van der Waals surface area contributed by atoms with E-state index in [-0.39, 0.29) is 25.2 Å². The number of allylic oxidation sites excluding steroid dienone is 6. The van der Waals surface area contributed by atoms with Gasteiger partial charge in [0.25, 0.3) is 0 Å². The first-order valence-electron chi connectivity index (χ1n) is 32.5. The van der Waals surface area contributed by atoms with Gasteiger partial charge in [-0.05, 0) is 51.4 Å². The van der Waals surface area contributed by atoms with Gasteiger partial charge < -0.3 is 14.6 Å². The fourth-order valence-corrected chi connectivity index (χ4v) is 10.0. The molecule has 0 saturated heterocycles. The van der Waals surface area contributed by atoms with Gasteiger partial charge in [0, 0.05) is 12.8 Å². The van der Waals surface area contributed by atoms with Crippen molar-refractivity contribution in [3.63, 3.8) is 0 Å². The lowest BCUT2D eigenvalue weighted by Gasteiger charge is -2.15. The molecule has 5 heteroatoms.